The van der Waals surface area contributed by atoms with Gasteiger partial charge in [-0.3, -0.25) is 19.8 Å². The molecule has 0 bridgehead atoms. The Hall–Kier alpha value is -2.19. The Morgan fingerprint density at radius 3 is 2.57 bits per heavy atom. The van der Waals surface area contributed by atoms with Crippen LogP contribution in [0.25, 0.3) is 0 Å². The van der Waals surface area contributed by atoms with Gasteiger partial charge in [-0.2, -0.15) is 0 Å². The van der Waals surface area contributed by atoms with E-state index in [1.165, 1.54) is 12.1 Å². The highest BCUT2D eigenvalue weighted by Crippen LogP contribution is 2.35. The average molecular weight is 452 g/mol. The van der Waals surface area contributed by atoms with Crippen molar-refractivity contribution < 1.29 is 14.8 Å². The van der Waals surface area contributed by atoms with E-state index in [2.05, 4.69) is 10.2 Å². The van der Waals surface area contributed by atoms with Gasteiger partial charge in [-0.15, -0.1) is 0 Å². The number of nitro benzene ring substituents is 1. The van der Waals surface area contributed by atoms with Gasteiger partial charge in [-0.1, -0.05) is 53.5 Å². The van der Waals surface area contributed by atoms with Crippen LogP contribution in [0, 0.1) is 10.1 Å². The van der Waals surface area contributed by atoms with E-state index < -0.39 is 10.8 Å². The number of carbonyl (C=O) groups excluding carboxylic acids is 1. The Morgan fingerprint density at radius 2 is 1.97 bits per heavy atom. The fraction of sp³-hybridized carbons (Fsp3) is 0.381. The number of hydrogen-bond donors (Lipinski definition) is 2. The lowest BCUT2D eigenvalue weighted by Gasteiger charge is -2.26. The van der Waals surface area contributed by atoms with Gasteiger partial charge in [-0.25, -0.2) is 0 Å². The highest BCUT2D eigenvalue weighted by atomic mass is 35.5. The van der Waals surface area contributed by atoms with Crippen molar-refractivity contribution in [2.24, 2.45) is 0 Å². The monoisotopic (exact) mass is 451 g/mol. The highest BCUT2D eigenvalue weighted by Gasteiger charge is 2.29. The van der Waals surface area contributed by atoms with Crippen LogP contribution in [0.5, 0.6) is 0 Å². The zero-order valence-corrected chi connectivity index (χ0v) is 17.9. The van der Waals surface area contributed by atoms with Gasteiger partial charge in [0.1, 0.15) is 0 Å². The van der Waals surface area contributed by atoms with Crippen molar-refractivity contribution in [3.05, 3.63) is 73.8 Å². The third-order valence-electron chi connectivity index (χ3n) is 5.33. The third kappa shape index (κ3) is 5.29. The number of carbonyl (C=O) groups is 1. The number of nitrogens with one attached hydrogen (secondary N) is 1. The summed E-state index contributed by atoms with van der Waals surface area (Å²) >= 11 is 12.0. The Kier molecular flexibility index (Phi) is 7.31. The molecule has 160 valence electrons. The number of amides is 1. The molecule has 30 heavy (non-hydrogen) atoms. The van der Waals surface area contributed by atoms with Gasteiger partial charge < -0.3 is 10.4 Å². The number of β-amino-alcohol motifs (C(OH)–C–C–N with tert-alkyl or cyclic N) is 1. The highest BCUT2D eigenvalue weighted by molar-refractivity contribution is 6.42. The summed E-state index contributed by atoms with van der Waals surface area (Å²) in [4.78, 5) is 26.0. The summed E-state index contributed by atoms with van der Waals surface area (Å²) in [6, 6.07) is 11.7. The first-order valence-electron chi connectivity index (χ1n) is 9.65. The van der Waals surface area contributed by atoms with Crippen LogP contribution in [0.2, 0.25) is 10.0 Å². The van der Waals surface area contributed by atoms with E-state index >= 15 is 0 Å². The molecule has 2 N–H and O–H groups in total. The first-order valence-corrected chi connectivity index (χ1v) is 10.4. The summed E-state index contributed by atoms with van der Waals surface area (Å²) < 4.78 is 0. The van der Waals surface area contributed by atoms with Crippen molar-refractivity contribution in [3.8, 4) is 0 Å². The fourth-order valence-electron chi connectivity index (χ4n) is 3.65. The number of rotatable bonds is 7. The van der Waals surface area contributed by atoms with Gasteiger partial charge in [0.05, 0.1) is 33.0 Å². The number of nitro groups is 1. The second kappa shape index (κ2) is 9.75. The van der Waals surface area contributed by atoms with Crippen molar-refractivity contribution in [2.75, 3.05) is 19.6 Å². The SMILES string of the molecule is CC(C(=O)NC(CN1CCC(O)C1)c1ccccc1)c1cc(Cl)c(Cl)cc1[N+](=O)[O-]. The summed E-state index contributed by atoms with van der Waals surface area (Å²) in [6.45, 7) is 3.42. The lowest BCUT2D eigenvalue weighted by molar-refractivity contribution is -0.385. The molecule has 7 nitrogen and oxygen atoms in total. The summed E-state index contributed by atoms with van der Waals surface area (Å²) in [5.41, 5.74) is 0.879. The topological polar surface area (TPSA) is 95.7 Å². The number of halogens is 2. The number of benzene rings is 2. The van der Waals surface area contributed by atoms with Crippen molar-refractivity contribution in [3.63, 3.8) is 0 Å². The molecule has 1 aliphatic rings. The number of likely N-dealkylation sites (tertiary alicyclic amines) is 1. The average Bonchev–Trinajstić information content (AvgIpc) is 3.13. The van der Waals surface area contributed by atoms with Gasteiger partial charge in [0.25, 0.3) is 5.69 Å². The van der Waals surface area contributed by atoms with Gasteiger partial charge >= 0.3 is 0 Å². The molecule has 1 amide bonds. The number of aliphatic hydroxyl groups excluding tert-OH is 1. The number of aliphatic hydroxyl groups is 1. The van der Waals surface area contributed by atoms with Crippen molar-refractivity contribution in [1.29, 1.82) is 0 Å². The molecular weight excluding hydrogens is 429 g/mol. The van der Waals surface area contributed by atoms with Gasteiger partial charge in [0.2, 0.25) is 5.91 Å². The maximum Gasteiger partial charge on any atom is 0.274 e. The molecule has 2 aromatic carbocycles. The minimum atomic E-state index is -0.810. The Morgan fingerprint density at radius 1 is 1.30 bits per heavy atom. The van der Waals surface area contributed by atoms with E-state index in [-0.39, 0.29) is 39.3 Å². The summed E-state index contributed by atoms with van der Waals surface area (Å²) in [5, 5.41) is 24.5. The quantitative estimate of drug-likeness (QED) is 0.490. The van der Waals surface area contributed by atoms with E-state index in [1.807, 2.05) is 30.3 Å². The molecule has 0 saturated carbocycles. The molecule has 0 aromatic heterocycles. The van der Waals surface area contributed by atoms with Crippen LogP contribution in [0.4, 0.5) is 5.69 Å². The van der Waals surface area contributed by atoms with E-state index in [9.17, 15) is 20.0 Å². The van der Waals surface area contributed by atoms with Crippen LogP contribution in [-0.4, -0.2) is 46.6 Å². The van der Waals surface area contributed by atoms with Crippen molar-refractivity contribution in [1.82, 2.24) is 10.2 Å². The second-order valence-corrected chi connectivity index (χ2v) is 8.29. The van der Waals surface area contributed by atoms with E-state index in [4.69, 9.17) is 23.2 Å². The van der Waals surface area contributed by atoms with Gasteiger partial charge in [-0.05, 0) is 25.0 Å². The van der Waals surface area contributed by atoms with E-state index in [0.717, 1.165) is 12.1 Å². The van der Waals surface area contributed by atoms with Crippen molar-refractivity contribution in [2.45, 2.75) is 31.4 Å². The van der Waals surface area contributed by atoms with Crippen LogP contribution in [0.1, 0.15) is 36.4 Å². The maximum atomic E-state index is 13.1. The predicted octanol–water partition coefficient (Wildman–Crippen LogP) is 3.93. The minimum Gasteiger partial charge on any atom is -0.392 e. The first kappa shape index (κ1) is 22.5. The third-order valence-corrected chi connectivity index (χ3v) is 6.05. The molecule has 0 spiro atoms. The first-order chi connectivity index (χ1) is 14.3. The molecule has 1 heterocycles. The van der Waals surface area contributed by atoms with Crippen molar-refractivity contribution >= 4 is 34.8 Å². The normalized spacial score (nSPS) is 18.7. The molecule has 2 aromatic rings. The summed E-state index contributed by atoms with van der Waals surface area (Å²) in [6.07, 6.45) is 0.330. The maximum absolute atomic E-state index is 13.1. The molecule has 3 unspecified atom stereocenters. The van der Waals surface area contributed by atoms with Crippen LogP contribution in [0.3, 0.4) is 0 Å². The smallest absolute Gasteiger partial charge is 0.274 e. The van der Waals surface area contributed by atoms with Crippen LogP contribution in [0.15, 0.2) is 42.5 Å². The summed E-state index contributed by atoms with van der Waals surface area (Å²) in [7, 11) is 0. The molecule has 3 rings (SSSR count). The Bertz CT molecular complexity index is 926. The molecule has 3 atom stereocenters. The lowest BCUT2D eigenvalue weighted by atomic mass is 9.97. The molecule has 9 heteroatoms. The number of hydrogen-bond acceptors (Lipinski definition) is 5. The van der Waals surface area contributed by atoms with E-state index in [0.29, 0.717) is 19.5 Å². The standard InChI is InChI=1S/C21H23Cl2N3O4/c1-13(16-9-17(22)18(23)10-20(16)26(29)30)21(28)24-19(14-5-3-2-4-6-14)12-25-8-7-15(27)11-25/h2-6,9-10,13,15,19,27H,7-8,11-12H2,1H3,(H,24,28). The van der Waals surface area contributed by atoms with Crippen LogP contribution in [-0.2, 0) is 4.79 Å². The minimum absolute atomic E-state index is 0.0643. The van der Waals surface area contributed by atoms with Crippen LogP contribution >= 0.6 is 23.2 Å². The Balaban J connectivity index is 1.83. The second-order valence-electron chi connectivity index (χ2n) is 7.48. The largest absolute Gasteiger partial charge is 0.392 e. The van der Waals surface area contributed by atoms with E-state index in [1.54, 1.807) is 6.92 Å². The van der Waals surface area contributed by atoms with Gasteiger partial charge in [0.15, 0.2) is 0 Å². The molecular formula is C21H23Cl2N3O4. The number of nitrogens with zero attached hydrogens (tertiary/aromatic N) is 2. The lowest BCUT2D eigenvalue weighted by Crippen LogP contribution is -2.39. The molecule has 0 aliphatic carbocycles. The van der Waals surface area contributed by atoms with Gasteiger partial charge in [0, 0.05) is 31.3 Å². The molecule has 1 fully saturated rings. The predicted molar refractivity (Wildman–Crippen MR) is 116 cm³/mol. The Labute approximate surface area is 184 Å². The fourth-order valence-corrected chi connectivity index (χ4v) is 3.98. The molecule has 1 saturated heterocycles. The summed E-state index contributed by atoms with van der Waals surface area (Å²) in [5.74, 6) is -1.17. The molecule has 0 radical (unpaired) electrons. The zero-order valence-electron chi connectivity index (χ0n) is 16.4. The molecule has 1 aliphatic heterocycles. The zero-order chi connectivity index (χ0) is 21.8. The van der Waals surface area contributed by atoms with Crippen LogP contribution < -0.4 is 5.32 Å².